The number of rotatable bonds is 5. The predicted molar refractivity (Wildman–Crippen MR) is 65.8 cm³/mol. The van der Waals surface area contributed by atoms with Crippen molar-refractivity contribution in [1.82, 2.24) is 0 Å². The van der Waals surface area contributed by atoms with Crippen LogP contribution in [-0.4, -0.2) is 11.1 Å². The Labute approximate surface area is 105 Å². The molecule has 1 aromatic carbocycles. The molecule has 1 atom stereocenters. The van der Waals surface area contributed by atoms with Crippen LogP contribution in [0, 0.1) is 0 Å². The van der Waals surface area contributed by atoms with Gasteiger partial charge in [-0.3, -0.25) is 0 Å². The highest BCUT2D eigenvalue weighted by atomic mass is 16.5. The molecule has 0 spiro atoms. The molecule has 1 N–H and O–H groups in total. The molecule has 4 nitrogen and oxygen atoms in total. The third kappa shape index (κ3) is 2.71. The second-order valence-electron chi connectivity index (χ2n) is 3.83. The fourth-order valence-corrected chi connectivity index (χ4v) is 1.65. The molecule has 1 unspecified atom stereocenters. The summed E-state index contributed by atoms with van der Waals surface area (Å²) in [6, 6.07) is 12.5. The van der Waals surface area contributed by atoms with E-state index in [4.69, 9.17) is 14.3 Å². The first-order valence-electron chi connectivity index (χ1n) is 5.75. The van der Waals surface area contributed by atoms with E-state index in [1.807, 2.05) is 37.3 Å². The van der Waals surface area contributed by atoms with Crippen LogP contribution in [0.15, 0.2) is 46.9 Å². The highest BCUT2D eigenvalue weighted by Crippen LogP contribution is 2.26. The first-order chi connectivity index (χ1) is 8.70. The average Bonchev–Trinajstić information content (AvgIpc) is 2.87. The maximum Gasteiger partial charge on any atom is 0.371 e. The summed E-state index contributed by atoms with van der Waals surface area (Å²) >= 11 is 0. The Kier molecular flexibility index (Phi) is 3.67. The van der Waals surface area contributed by atoms with Gasteiger partial charge in [0.25, 0.3) is 0 Å². The summed E-state index contributed by atoms with van der Waals surface area (Å²) in [7, 11) is 0. The van der Waals surface area contributed by atoms with Crippen molar-refractivity contribution in [1.29, 1.82) is 0 Å². The Bertz CT molecular complexity index is 516. The van der Waals surface area contributed by atoms with Crippen LogP contribution in [0.2, 0.25) is 0 Å². The Hall–Kier alpha value is -2.23. The summed E-state index contributed by atoms with van der Waals surface area (Å²) in [6.07, 6.45) is 0.419. The standard InChI is InChI=1S/C14H14O4/c1-2-11(17-10-6-4-3-5-7-10)12-8-9-13(18-12)14(15)16/h3-9,11H,2H2,1H3,(H,15,16). The number of benzene rings is 1. The molecule has 2 aromatic rings. The first kappa shape index (κ1) is 12.2. The van der Waals surface area contributed by atoms with Gasteiger partial charge in [-0.25, -0.2) is 4.79 Å². The molecule has 94 valence electrons. The molecule has 0 aliphatic heterocycles. The zero-order valence-corrected chi connectivity index (χ0v) is 10.00. The molecule has 0 amide bonds. The molecule has 1 aromatic heterocycles. The van der Waals surface area contributed by atoms with E-state index in [1.54, 1.807) is 6.07 Å². The van der Waals surface area contributed by atoms with Crippen molar-refractivity contribution < 1.29 is 19.1 Å². The topological polar surface area (TPSA) is 59.7 Å². The number of carbonyl (C=O) groups is 1. The van der Waals surface area contributed by atoms with Crippen LogP contribution in [-0.2, 0) is 0 Å². The minimum Gasteiger partial charge on any atom is -0.483 e. The molecule has 0 fully saturated rings. The lowest BCUT2D eigenvalue weighted by molar-refractivity contribution is 0.0653. The number of furan rings is 1. The molecule has 0 saturated heterocycles. The van der Waals surface area contributed by atoms with Gasteiger partial charge in [0.1, 0.15) is 11.5 Å². The number of carboxylic acids is 1. The Morgan fingerprint density at radius 2 is 2.00 bits per heavy atom. The summed E-state index contributed by atoms with van der Waals surface area (Å²) in [5, 5.41) is 8.81. The number of para-hydroxylation sites is 1. The molecule has 0 aliphatic rings. The summed E-state index contributed by atoms with van der Waals surface area (Å²) in [5.74, 6) is 0.118. The Morgan fingerprint density at radius 3 is 2.56 bits per heavy atom. The Balaban J connectivity index is 2.15. The maximum atomic E-state index is 10.7. The van der Waals surface area contributed by atoms with Gasteiger partial charge in [0.2, 0.25) is 5.76 Å². The van der Waals surface area contributed by atoms with Gasteiger partial charge in [0.05, 0.1) is 0 Å². The van der Waals surface area contributed by atoms with E-state index in [1.165, 1.54) is 6.07 Å². The van der Waals surface area contributed by atoms with E-state index in [0.29, 0.717) is 12.2 Å². The highest BCUT2D eigenvalue weighted by Gasteiger charge is 2.17. The van der Waals surface area contributed by atoms with Crippen LogP contribution in [0.4, 0.5) is 0 Å². The average molecular weight is 246 g/mol. The second kappa shape index (κ2) is 5.40. The van der Waals surface area contributed by atoms with Crippen molar-refractivity contribution in [3.8, 4) is 5.75 Å². The number of aromatic carboxylic acids is 1. The molecule has 1 heterocycles. The molecule has 0 saturated carbocycles. The summed E-state index contributed by atoms with van der Waals surface area (Å²) in [5.41, 5.74) is 0. The maximum absolute atomic E-state index is 10.7. The molecule has 18 heavy (non-hydrogen) atoms. The van der Waals surface area contributed by atoms with Crippen molar-refractivity contribution in [2.45, 2.75) is 19.4 Å². The second-order valence-corrected chi connectivity index (χ2v) is 3.83. The van der Waals surface area contributed by atoms with E-state index >= 15 is 0 Å². The first-order valence-corrected chi connectivity index (χ1v) is 5.75. The number of hydrogen-bond acceptors (Lipinski definition) is 3. The van der Waals surface area contributed by atoms with Crippen LogP contribution in [0.3, 0.4) is 0 Å². The smallest absolute Gasteiger partial charge is 0.371 e. The highest BCUT2D eigenvalue weighted by molar-refractivity contribution is 5.84. The third-order valence-corrected chi connectivity index (χ3v) is 2.55. The molecule has 2 rings (SSSR count). The van der Waals surface area contributed by atoms with E-state index in [0.717, 1.165) is 5.75 Å². The summed E-state index contributed by atoms with van der Waals surface area (Å²) < 4.78 is 11.0. The number of ether oxygens (including phenoxy) is 1. The predicted octanol–water partition coefficient (Wildman–Crippen LogP) is 3.51. The molecular weight excluding hydrogens is 232 g/mol. The zero-order chi connectivity index (χ0) is 13.0. The SMILES string of the molecule is CCC(Oc1ccccc1)c1ccc(C(=O)O)o1. The normalized spacial score (nSPS) is 12.1. The zero-order valence-electron chi connectivity index (χ0n) is 10.00. The van der Waals surface area contributed by atoms with Crippen LogP contribution in [0.25, 0.3) is 0 Å². The molecular formula is C14H14O4. The molecule has 0 bridgehead atoms. The number of hydrogen-bond donors (Lipinski definition) is 1. The van der Waals surface area contributed by atoms with Gasteiger partial charge in [-0.2, -0.15) is 0 Å². The largest absolute Gasteiger partial charge is 0.483 e. The monoisotopic (exact) mass is 246 g/mol. The van der Waals surface area contributed by atoms with Gasteiger partial charge in [-0.1, -0.05) is 25.1 Å². The van der Waals surface area contributed by atoms with E-state index < -0.39 is 5.97 Å². The van der Waals surface area contributed by atoms with Gasteiger partial charge in [-0.15, -0.1) is 0 Å². The summed E-state index contributed by atoms with van der Waals surface area (Å²) in [6.45, 7) is 1.95. The van der Waals surface area contributed by atoms with Gasteiger partial charge in [0, 0.05) is 0 Å². The van der Waals surface area contributed by atoms with Gasteiger partial charge in [0.15, 0.2) is 6.10 Å². The van der Waals surface area contributed by atoms with Crippen molar-refractivity contribution in [3.63, 3.8) is 0 Å². The van der Waals surface area contributed by atoms with Crippen molar-refractivity contribution in [2.24, 2.45) is 0 Å². The molecule has 0 radical (unpaired) electrons. The van der Waals surface area contributed by atoms with E-state index in [2.05, 4.69) is 0 Å². The van der Waals surface area contributed by atoms with Gasteiger partial charge < -0.3 is 14.3 Å². The lowest BCUT2D eigenvalue weighted by Gasteiger charge is -2.15. The van der Waals surface area contributed by atoms with Gasteiger partial charge >= 0.3 is 5.97 Å². The van der Waals surface area contributed by atoms with Crippen LogP contribution in [0.5, 0.6) is 5.75 Å². The van der Waals surface area contributed by atoms with Gasteiger partial charge in [-0.05, 0) is 30.7 Å². The fourth-order valence-electron chi connectivity index (χ4n) is 1.65. The quantitative estimate of drug-likeness (QED) is 0.877. The Morgan fingerprint density at radius 1 is 1.28 bits per heavy atom. The third-order valence-electron chi connectivity index (χ3n) is 2.55. The molecule has 4 heteroatoms. The minimum atomic E-state index is -1.07. The molecule has 0 aliphatic carbocycles. The lowest BCUT2D eigenvalue weighted by atomic mass is 10.2. The van der Waals surface area contributed by atoms with E-state index in [-0.39, 0.29) is 11.9 Å². The van der Waals surface area contributed by atoms with Crippen molar-refractivity contribution in [2.75, 3.05) is 0 Å². The minimum absolute atomic E-state index is 0.0693. The van der Waals surface area contributed by atoms with Crippen molar-refractivity contribution >= 4 is 5.97 Å². The van der Waals surface area contributed by atoms with Crippen LogP contribution >= 0.6 is 0 Å². The number of carboxylic acid groups (broad SMARTS) is 1. The lowest BCUT2D eigenvalue weighted by Crippen LogP contribution is -2.05. The fraction of sp³-hybridized carbons (Fsp3) is 0.214. The van der Waals surface area contributed by atoms with Crippen LogP contribution < -0.4 is 4.74 Å². The summed E-state index contributed by atoms with van der Waals surface area (Å²) in [4.78, 5) is 10.7. The van der Waals surface area contributed by atoms with Crippen LogP contribution in [0.1, 0.15) is 35.8 Å². The van der Waals surface area contributed by atoms with E-state index in [9.17, 15) is 4.79 Å². The van der Waals surface area contributed by atoms with Crippen molar-refractivity contribution in [3.05, 3.63) is 54.0 Å².